The standard InChI is InChI=1S/C29H32N2O5S2/c1-3-36-29(34)26-23-14-6-4-5-7-15-24(23)38-28(26)31-25(32)18-37-22-13-9-11-20(17-22)30-27(33)19-10-8-12-21(16-19)35-2/h8-13,16-17H,3-7,14-15,18H2,1-2H3,(H,30,33)(H,31,32). The quantitative estimate of drug-likeness (QED) is 0.230. The van der Waals surface area contributed by atoms with E-state index in [1.165, 1.54) is 34.4 Å². The molecule has 0 unspecified atom stereocenters. The van der Waals surface area contributed by atoms with Crippen molar-refractivity contribution >= 4 is 51.6 Å². The van der Waals surface area contributed by atoms with Crippen LogP contribution in [0.3, 0.4) is 0 Å². The number of hydrogen-bond acceptors (Lipinski definition) is 7. The van der Waals surface area contributed by atoms with E-state index in [0.29, 0.717) is 27.6 Å². The van der Waals surface area contributed by atoms with Crippen LogP contribution in [0.15, 0.2) is 53.4 Å². The molecule has 0 aliphatic heterocycles. The number of methoxy groups -OCH3 is 1. The zero-order valence-electron chi connectivity index (χ0n) is 21.6. The molecule has 1 aliphatic rings. The lowest BCUT2D eigenvalue weighted by molar-refractivity contribution is -0.113. The van der Waals surface area contributed by atoms with Crippen molar-refractivity contribution in [1.29, 1.82) is 0 Å². The summed E-state index contributed by atoms with van der Waals surface area (Å²) in [7, 11) is 1.56. The van der Waals surface area contributed by atoms with Crippen molar-refractivity contribution in [3.05, 3.63) is 70.1 Å². The van der Waals surface area contributed by atoms with Crippen molar-refractivity contribution in [3.8, 4) is 5.75 Å². The van der Waals surface area contributed by atoms with E-state index in [9.17, 15) is 14.4 Å². The fraction of sp³-hybridized carbons (Fsp3) is 0.345. The zero-order valence-corrected chi connectivity index (χ0v) is 23.3. The summed E-state index contributed by atoms with van der Waals surface area (Å²) in [6, 6.07) is 14.3. The summed E-state index contributed by atoms with van der Waals surface area (Å²) in [6.45, 7) is 2.08. The number of fused-ring (bicyclic) bond motifs is 1. The third kappa shape index (κ3) is 7.17. The Morgan fingerprint density at radius 3 is 2.55 bits per heavy atom. The lowest BCUT2D eigenvalue weighted by Gasteiger charge is -2.11. The number of thioether (sulfide) groups is 1. The Labute approximate surface area is 231 Å². The number of carbonyl (C=O) groups excluding carboxylic acids is 3. The molecule has 3 aromatic rings. The first kappa shape index (κ1) is 27.7. The predicted molar refractivity (Wildman–Crippen MR) is 153 cm³/mol. The van der Waals surface area contributed by atoms with E-state index >= 15 is 0 Å². The number of rotatable bonds is 9. The Kier molecular flexibility index (Phi) is 9.84. The van der Waals surface area contributed by atoms with Gasteiger partial charge in [-0.3, -0.25) is 9.59 Å². The van der Waals surface area contributed by atoms with Gasteiger partial charge in [0.15, 0.2) is 0 Å². The topological polar surface area (TPSA) is 93.7 Å². The van der Waals surface area contributed by atoms with E-state index in [-0.39, 0.29) is 30.1 Å². The van der Waals surface area contributed by atoms with Gasteiger partial charge in [0, 0.05) is 21.0 Å². The molecule has 2 aromatic carbocycles. The largest absolute Gasteiger partial charge is 0.497 e. The maximum atomic E-state index is 12.9. The summed E-state index contributed by atoms with van der Waals surface area (Å²) in [5, 5.41) is 6.45. The Morgan fingerprint density at radius 2 is 1.76 bits per heavy atom. The number of benzene rings is 2. The van der Waals surface area contributed by atoms with Gasteiger partial charge >= 0.3 is 5.97 Å². The lowest BCUT2D eigenvalue weighted by atomic mass is 9.96. The SMILES string of the molecule is CCOC(=O)c1c(NC(=O)CSc2cccc(NC(=O)c3cccc(OC)c3)c2)sc2c1CCCCCC2. The van der Waals surface area contributed by atoms with Gasteiger partial charge in [0.25, 0.3) is 5.91 Å². The lowest BCUT2D eigenvalue weighted by Crippen LogP contribution is -2.17. The molecule has 4 rings (SSSR count). The molecule has 7 nitrogen and oxygen atoms in total. The fourth-order valence-electron chi connectivity index (χ4n) is 4.37. The van der Waals surface area contributed by atoms with Crippen LogP contribution in [0.2, 0.25) is 0 Å². The van der Waals surface area contributed by atoms with Gasteiger partial charge in [0.2, 0.25) is 5.91 Å². The number of aryl methyl sites for hydroxylation is 1. The van der Waals surface area contributed by atoms with E-state index in [1.807, 2.05) is 18.2 Å². The number of esters is 1. The highest BCUT2D eigenvalue weighted by Gasteiger charge is 2.26. The van der Waals surface area contributed by atoms with Crippen LogP contribution in [0, 0.1) is 0 Å². The first-order valence-corrected chi connectivity index (χ1v) is 14.6. The smallest absolute Gasteiger partial charge is 0.341 e. The van der Waals surface area contributed by atoms with Crippen molar-refractivity contribution in [1.82, 2.24) is 0 Å². The van der Waals surface area contributed by atoms with Crippen molar-refractivity contribution in [2.24, 2.45) is 0 Å². The van der Waals surface area contributed by atoms with Gasteiger partial charge in [-0.1, -0.05) is 25.0 Å². The van der Waals surface area contributed by atoms with E-state index < -0.39 is 0 Å². The van der Waals surface area contributed by atoms with Crippen molar-refractivity contribution in [3.63, 3.8) is 0 Å². The predicted octanol–water partition coefficient (Wildman–Crippen LogP) is 6.58. The fourth-order valence-corrected chi connectivity index (χ4v) is 6.42. The van der Waals surface area contributed by atoms with Crippen LogP contribution in [0.5, 0.6) is 5.75 Å². The van der Waals surface area contributed by atoms with Crippen molar-refractivity contribution in [2.45, 2.75) is 50.3 Å². The molecule has 9 heteroatoms. The Hall–Kier alpha value is -3.30. The number of hydrogen-bond donors (Lipinski definition) is 2. The second kappa shape index (κ2) is 13.5. The van der Waals surface area contributed by atoms with Gasteiger partial charge in [0.05, 0.1) is 25.0 Å². The molecule has 0 saturated carbocycles. The minimum absolute atomic E-state index is 0.165. The maximum Gasteiger partial charge on any atom is 0.341 e. The normalized spacial score (nSPS) is 13.0. The number of ether oxygens (including phenoxy) is 2. The second-order valence-electron chi connectivity index (χ2n) is 8.89. The van der Waals surface area contributed by atoms with E-state index in [4.69, 9.17) is 9.47 Å². The number of thiophene rings is 1. The Bertz CT molecular complexity index is 1300. The van der Waals surface area contributed by atoms with Crippen LogP contribution in [0.1, 0.15) is 63.8 Å². The second-order valence-corrected chi connectivity index (χ2v) is 11.0. The summed E-state index contributed by atoms with van der Waals surface area (Å²) < 4.78 is 10.5. The van der Waals surface area contributed by atoms with Gasteiger partial charge in [-0.05, 0) is 74.6 Å². The summed E-state index contributed by atoms with van der Waals surface area (Å²) >= 11 is 2.86. The Balaban J connectivity index is 1.41. The van der Waals surface area contributed by atoms with Crippen molar-refractivity contribution in [2.75, 3.05) is 30.1 Å². The number of carbonyl (C=O) groups is 3. The Morgan fingerprint density at radius 1 is 0.974 bits per heavy atom. The van der Waals surface area contributed by atoms with Crippen LogP contribution in [-0.4, -0.2) is 37.3 Å². The molecule has 0 spiro atoms. The minimum atomic E-state index is -0.368. The first-order valence-electron chi connectivity index (χ1n) is 12.8. The van der Waals surface area contributed by atoms with Crippen molar-refractivity contribution < 1.29 is 23.9 Å². The summed E-state index contributed by atoms with van der Waals surface area (Å²) in [5.41, 5.74) is 2.68. The molecule has 0 atom stereocenters. The molecule has 1 aromatic heterocycles. The molecule has 1 aliphatic carbocycles. The van der Waals surface area contributed by atoms with Gasteiger partial charge in [-0.15, -0.1) is 23.1 Å². The van der Waals surface area contributed by atoms with Gasteiger partial charge < -0.3 is 20.1 Å². The average molecular weight is 553 g/mol. The molecular formula is C29H32N2O5S2. The highest BCUT2D eigenvalue weighted by Crippen LogP contribution is 2.38. The molecular weight excluding hydrogens is 520 g/mol. The van der Waals surface area contributed by atoms with Gasteiger partial charge in [0.1, 0.15) is 10.8 Å². The summed E-state index contributed by atoms with van der Waals surface area (Å²) in [4.78, 5) is 40.4. The highest BCUT2D eigenvalue weighted by molar-refractivity contribution is 8.00. The third-order valence-electron chi connectivity index (χ3n) is 6.20. The molecule has 38 heavy (non-hydrogen) atoms. The molecule has 2 amide bonds. The summed E-state index contributed by atoms with van der Waals surface area (Å²) in [6.07, 6.45) is 6.20. The van der Waals surface area contributed by atoms with E-state index in [1.54, 1.807) is 44.4 Å². The number of amides is 2. The molecule has 0 saturated heterocycles. The summed E-state index contributed by atoms with van der Waals surface area (Å²) in [5.74, 6) is -0.0353. The molecule has 0 radical (unpaired) electrons. The molecule has 0 fully saturated rings. The highest BCUT2D eigenvalue weighted by atomic mass is 32.2. The molecule has 200 valence electrons. The molecule has 1 heterocycles. The minimum Gasteiger partial charge on any atom is -0.497 e. The number of nitrogens with one attached hydrogen (secondary N) is 2. The maximum absolute atomic E-state index is 12.9. The van der Waals surface area contributed by atoms with E-state index in [0.717, 1.165) is 42.6 Å². The first-order chi connectivity index (χ1) is 18.5. The molecule has 0 bridgehead atoms. The van der Waals surface area contributed by atoms with Gasteiger partial charge in [-0.2, -0.15) is 0 Å². The van der Waals surface area contributed by atoms with Crippen LogP contribution in [-0.2, 0) is 22.4 Å². The number of anilines is 2. The van der Waals surface area contributed by atoms with Crippen LogP contribution in [0.4, 0.5) is 10.7 Å². The average Bonchev–Trinajstić information content (AvgIpc) is 3.23. The van der Waals surface area contributed by atoms with Crippen LogP contribution in [0.25, 0.3) is 0 Å². The van der Waals surface area contributed by atoms with Crippen LogP contribution >= 0.6 is 23.1 Å². The zero-order chi connectivity index (χ0) is 26.9. The third-order valence-corrected chi connectivity index (χ3v) is 8.40. The van der Waals surface area contributed by atoms with E-state index in [2.05, 4.69) is 10.6 Å². The van der Waals surface area contributed by atoms with Gasteiger partial charge in [-0.25, -0.2) is 4.79 Å². The molecule has 2 N–H and O–H groups in total. The monoisotopic (exact) mass is 552 g/mol. The van der Waals surface area contributed by atoms with Crippen LogP contribution < -0.4 is 15.4 Å².